The summed E-state index contributed by atoms with van der Waals surface area (Å²) in [4.78, 5) is 15.9. The lowest BCUT2D eigenvalue weighted by Crippen LogP contribution is -2.08. The molecule has 0 radical (unpaired) electrons. The molecule has 4 nitrogen and oxygen atoms in total. The van der Waals surface area contributed by atoms with Crippen LogP contribution < -0.4 is 4.74 Å². The first kappa shape index (κ1) is 10.5. The van der Waals surface area contributed by atoms with Gasteiger partial charge in [0, 0.05) is 6.20 Å². The summed E-state index contributed by atoms with van der Waals surface area (Å²) >= 11 is 0. The number of hydrogen-bond donors (Lipinski definition) is 0. The third kappa shape index (κ3) is 1.84. The molecule has 0 bridgehead atoms. The topological polar surface area (TPSA) is 43.6 Å². The second kappa shape index (κ2) is 4.33. The lowest BCUT2D eigenvalue weighted by molar-refractivity contribution is 0.0736. The summed E-state index contributed by atoms with van der Waals surface area (Å²) in [6.07, 6.45) is 5.17. The van der Waals surface area contributed by atoms with Crippen LogP contribution in [-0.2, 0) is 0 Å². The molecule has 0 aliphatic carbocycles. The van der Waals surface area contributed by atoms with Crippen LogP contribution in [0.4, 0.5) is 0 Å². The molecular weight excluding hydrogens is 228 g/mol. The van der Waals surface area contributed by atoms with E-state index >= 15 is 0 Å². The minimum atomic E-state index is -0.370. The van der Waals surface area contributed by atoms with Gasteiger partial charge in [-0.25, -0.2) is 9.78 Å². The van der Waals surface area contributed by atoms with Crippen molar-refractivity contribution in [2.75, 3.05) is 0 Å². The van der Waals surface area contributed by atoms with Gasteiger partial charge in [0.05, 0.1) is 18.1 Å². The summed E-state index contributed by atoms with van der Waals surface area (Å²) in [6.45, 7) is 0. The summed E-state index contributed by atoms with van der Waals surface area (Å²) < 4.78 is 7.17. The first-order valence-corrected chi connectivity index (χ1v) is 5.52. The van der Waals surface area contributed by atoms with Crippen LogP contribution in [-0.4, -0.2) is 15.4 Å². The minimum Gasteiger partial charge on any atom is -0.421 e. The van der Waals surface area contributed by atoms with E-state index in [4.69, 9.17) is 4.74 Å². The van der Waals surface area contributed by atoms with Gasteiger partial charge in [-0.1, -0.05) is 18.2 Å². The number of carbonyl (C=O) groups excluding carboxylic acids is 1. The number of fused-ring (bicyclic) bond motifs is 1. The van der Waals surface area contributed by atoms with Gasteiger partial charge in [-0.2, -0.15) is 0 Å². The van der Waals surface area contributed by atoms with Crippen LogP contribution in [0.15, 0.2) is 61.2 Å². The summed E-state index contributed by atoms with van der Waals surface area (Å²) in [5, 5.41) is 0. The molecule has 88 valence electrons. The summed E-state index contributed by atoms with van der Waals surface area (Å²) in [7, 11) is 0. The second-order valence-electron chi connectivity index (χ2n) is 3.81. The molecule has 4 heteroatoms. The van der Waals surface area contributed by atoms with E-state index in [0.717, 1.165) is 5.52 Å². The van der Waals surface area contributed by atoms with Gasteiger partial charge in [-0.05, 0) is 24.3 Å². The van der Waals surface area contributed by atoms with Crippen LogP contribution >= 0.6 is 0 Å². The molecular formula is C14H10N2O2. The minimum absolute atomic E-state index is 0.370. The highest BCUT2D eigenvalue weighted by molar-refractivity contribution is 5.91. The second-order valence-corrected chi connectivity index (χ2v) is 3.81. The maximum absolute atomic E-state index is 11.9. The van der Waals surface area contributed by atoms with E-state index in [9.17, 15) is 4.79 Å². The Labute approximate surface area is 103 Å². The number of imidazole rings is 1. The lowest BCUT2D eigenvalue weighted by Gasteiger charge is -2.05. The fraction of sp³-hybridized carbons (Fsp3) is 0. The van der Waals surface area contributed by atoms with Gasteiger partial charge in [0.1, 0.15) is 5.52 Å². The maximum Gasteiger partial charge on any atom is 0.343 e. The molecule has 0 unspecified atom stereocenters. The molecule has 0 aliphatic rings. The molecule has 0 saturated heterocycles. The van der Waals surface area contributed by atoms with Crippen LogP contribution in [0.2, 0.25) is 0 Å². The molecule has 0 saturated carbocycles. The Hall–Kier alpha value is -2.62. The van der Waals surface area contributed by atoms with E-state index in [1.165, 1.54) is 0 Å². The largest absolute Gasteiger partial charge is 0.421 e. The fourth-order valence-electron chi connectivity index (χ4n) is 1.74. The van der Waals surface area contributed by atoms with E-state index < -0.39 is 0 Å². The Morgan fingerprint density at radius 3 is 2.78 bits per heavy atom. The van der Waals surface area contributed by atoms with Crippen molar-refractivity contribution in [3.63, 3.8) is 0 Å². The van der Waals surface area contributed by atoms with E-state index in [1.807, 2.05) is 18.3 Å². The van der Waals surface area contributed by atoms with E-state index in [-0.39, 0.29) is 5.97 Å². The molecule has 0 fully saturated rings. The maximum atomic E-state index is 11.9. The first-order valence-electron chi connectivity index (χ1n) is 5.52. The monoisotopic (exact) mass is 238 g/mol. The number of esters is 1. The van der Waals surface area contributed by atoms with Crippen molar-refractivity contribution in [3.05, 3.63) is 66.7 Å². The molecule has 3 aromatic rings. The lowest BCUT2D eigenvalue weighted by atomic mass is 10.2. The van der Waals surface area contributed by atoms with Crippen molar-refractivity contribution in [2.24, 2.45) is 0 Å². The number of nitrogens with zero attached hydrogens (tertiary/aromatic N) is 2. The standard InChI is InChI=1S/C14H10N2O2/c17-14(11-5-2-1-3-6-11)18-13-7-4-8-16-10-15-9-12(13)16/h1-10H. The molecule has 2 heterocycles. The zero-order chi connectivity index (χ0) is 12.4. The van der Waals surface area contributed by atoms with Crippen molar-refractivity contribution in [3.8, 4) is 5.75 Å². The van der Waals surface area contributed by atoms with Crippen LogP contribution in [0.25, 0.3) is 5.52 Å². The van der Waals surface area contributed by atoms with Crippen molar-refractivity contribution in [1.82, 2.24) is 9.38 Å². The molecule has 0 spiro atoms. The third-order valence-electron chi connectivity index (χ3n) is 2.62. The van der Waals surface area contributed by atoms with Crippen molar-refractivity contribution in [2.45, 2.75) is 0 Å². The normalized spacial score (nSPS) is 10.4. The average Bonchev–Trinajstić information content (AvgIpc) is 2.89. The first-order chi connectivity index (χ1) is 8.84. The SMILES string of the molecule is O=C(Oc1cccn2cncc12)c1ccccc1. The highest BCUT2D eigenvalue weighted by Crippen LogP contribution is 2.19. The Kier molecular flexibility index (Phi) is 2.53. The molecule has 2 aromatic heterocycles. The zero-order valence-electron chi connectivity index (χ0n) is 9.48. The highest BCUT2D eigenvalue weighted by Gasteiger charge is 2.10. The quantitative estimate of drug-likeness (QED) is 0.644. The van der Waals surface area contributed by atoms with Crippen molar-refractivity contribution >= 4 is 11.5 Å². The number of rotatable bonds is 2. The molecule has 1 aromatic carbocycles. The zero-order valence-corrected chi connectivity index (χ0v) is 9.48. The van der Waals surface area contributed by atoms with Gasteiger partial charge >= 0.3 is 5.97 Å². The fourth-order valence-corrected chi connectivity index (χ4v) is 1.74. The molecule has 0 atom stereocenters. The molecule has 18 heavy (non-hydrogen) atoms. The van der Waals surface area contributed by atoms with Gasteiger partial charge in [0.15, 0.2) is 5.75 Å². The number of hydrogen-bond acceptors (Lipinski definition) is 3. The predicted octanol–water partition coefficient (Wildman–Crippen LogP) is 2.55. The number of pyridine rings is 1. The molecule has 3 rings (SSSR count). The van der Waals surface area contributed by atoms with Crippen LogP contribution in [0.1, 0.15) is 10.4 Å². The molecule has 0 amide bonds. The number of carbonyl (C=O) groups is 1. The van der Waals surface area contributed by atoms with Crippen LogP contribution in [0.5, 0.6) is 5.75 Å². The summed E-state index contributed by atoms with van der Waals surface area (Å²) in [6, 6.07) is 12.5. The Bertz CT molecular complexity index is 689. The van der Waals surface area contributed by atoms with Gasteiger partial charge in [-0.15, -0.1) is 0 Å². The summed E-state index contributed by atoms with van der Waals surface area (Å²) in [5.74, 6) is 0.133. The van der Waals surface area contributed by atoms with Gasteiger partial charge in [-0.3, -0.25) is 0 Å². The Morgan fingerprint density at radius 2 is 1.94 bits per heavy atom. The molecule has 0 N–H and O–H groups in total. The smallest absolute Gasteiger partial charge is 0.343 e. The molecule has 0 aliphatic heterocycles. The number of ether oxygens (including phenoxy) is 1. The van der Waals surface area contributed by atoms with Crippen LogP contribution in [0, 0.1) is 0 Å². The third-order valence-corrected chi connectivity index (χ3v) is 2.62. The predicted molar refractivity (Wildman–Crippen MR) is 66.6 cm³/mol. The van der Waals surface area contributed by atoms with Crippen LogP contribution in [0.3, 0.4) is 0 Å². The van der Waals surface area contributed by atoms with Gasteiger partial charge in [0.25, 0.3) is 0 Å². The van der Waals surface area contributed by atoms with Gasteiger partial charge in [0.2, 0.25) is 0 Å². The van der Waals surface area contributed by atoms with Gasteiger partial charge < -0.3 is 9.14 Å². The number of benzene rings is 1. The average molecular weight is 238 g/mol. The van der Waals surface area contributed by atoms with E-state index in [2.05, 4.69) is 4.98 Å². The highest BCUT2D eigenvalue weighted by atomic mass is 16.5. The Balaban J connectivity index is 1.93. The summed E-state index contributed by atoms with van der Waals surface area (Å²) in [5.41, 5.74) is 1.29. The van der Waals surface area contributed by atoms with E-state index in [0.29, 0.717) is 11.3 Å². The Morgan fingerprint density at radius 1 is 1.11 bits per heavy atom. The van der Waals surface area contributed by atoms with Crippen molar-refractivity contribution < 1.29 is 9.53 Å². The van der Waals surface area contributed by atoms with Crippen molar-refractivity contribution in [1.29, 1.82) is 0 Å². The number of aromatic nitrogens is 2. The van der Waals surface area contributed by atoms with E-state index in [1.54, 1.807) is 47.3 Å².